The first-order valence-electron chi connectivity index (χ1n) is 28.1. The molecule has 440 valence electrons. The summed E-state index contributed by atoms with van der Waals surface area (Å²) in [7, 11) is 7.10. The van der Waals surface area contributed by atoms with Crippen molar-refractivity contribution in [3.8, 4) is 21.6 Å². The first-order valence-corrected chi connectivity index (χ1v) is 29.7. The number of hydrogen-bond acceptors (Lipinski definition) is 18. The van der Waals surface area contributed by atoms with Gasteiger partial charge in [-0.1, -0.05) is 68.9 Å². The number of amides is 1. The maximum Gasteiger partial charge on any atom is 0.311 e. The van der Waals surface area contributed by atoms with E-state index in [1.54, 1.807) is 64.6 Å². The highest BCUT2D eigenvalue weighted by Crippen LogP contribution is 2.51. The lowest BCUT2D eigenvalue weighted by atomic mass is 9.75. The number of nitrogens with zero attached hydrogens (tertiary/aromatic N) is 2. The van der Waals surface area contributed by atoms with Crippen LogP contribution in [0.4, 0.5) is 0 Å². The molecule has 17 nitrogen and oxygen atoms in total. The minimum absolute atomic E-state index is 0.00512. The maximum atomic E-state index is 14.6. The van der Waals surface area contributed by atoms with E-state index in [2.05, 4.69) is 59.2 Å². The molecule has 0 spiro atoms. The Morgan fingerprint density at radius 2 is 1.57 bits per heavy atom. The van der Waals surface area contributed by atoms with Crippen molar-refractivity contribution in [3.63, 3.8) is 0 Å². The number of benzene rings is 2. The van der Waals surface area contributed by atoms with Gasteiger partial charge in [0.1, 0.15) is 35.1 Å². The molecule has 19 heteroatoms. The fraction of sp³-hybridized carbons (Fsp3) is 0.667. The van der Waals surface area contributed by atoms with E-state index in [9.17, 15) is 35.1 Å². The standard InChI is InChI=1S/C60H90N4O13S2/c1-15-47-59(10,70)53(67)38(6)64(13)32-34(2)30-57(8,69)54(77-56-50(66)44(63(11)12)28-35(3)73-56)36(4)51(37(5)55(68)75-47)76-49-31-58(9,72-14)60(71,39(7)74-49)33-61-26-27-62-48(65)25-24-40-29-43-41-20-16-18-22-45(41)79-46-23-19-17-21-42(46)52(43)78-40/h16-25,29,34-39,44,47,49-51,53-54,56,61,66-67,69-71H,15,26-28,30-33H2,1-14H3,(H,62,65)/b25-24+/t34-,35-,36+,37-,38-,39-,44+,47-,49-,50-,51+,53-,54-,56+,57-,58-,59-,60+/m1/s1. The molecule has 0 radical (unpaired) electrons. The summed E-state index contributed by atoms with van der Waals surface area (Å²) < 4.78 is 39.0. The van der Waals surface area contributed by atoms with Crippen LogP contribution in [0.1, 0.15) is 99.8 Å². The summed E-state index contributed by atoms with van der Waals surface area (Å²) in [6.07, 6.45) is -4.96. The van der Waals surface area contributed by atoms with Crippen LogP contribution in [0.2, 0.25) is 0 Å². The zero-order valence-corrected chi connectivity index (χ0v) is 50.4. The third-order valence-corrected chi connectivity index (χ3v) is 19.6. The SMILES string of the molecule is CC[C@H]1OC(=O)[C@H](C)[C@@H](O[C@@H]2C[C@@](C)(OC)[C@](O)(CNCCNC(=O)/C=C/c3cc4c(s3)-c3ccccc3Sc3ccccc3-4)[C@@H](C)O2)[C@H](C)[C@@H](O[C@@H]2O[C@H](C)C[C@H](N(C)C)[C@H]2O)[C@](C)(O)C[C@@H](C)CN(C)[C@H](C)[C@@H](O)[C@]1(C)O. The third-order valence-electron chi connectivity index (χ3n) is 17.4. The first kappa shape index (κ1) is 63.2. The molecule has 4 aliphatic rings. The summed E-state index contributed by atoms with van der Waals surface area (Å²) in [4.78, 5) is 36.2. The van der Waals surface area contributed by atoms with E-state index >= 15 is 0 Å². The number of likely N-dealkylation sites (N-methyl/N-ethyl adjacent to an activating group) is 2. The first-order chi connectivity index (χ1) is 37.2. The fourth-order valence-corrected chi connectivity index (χ4v) is 14.7. The molecule has 1 aromatic heterocycles. The Kier molecular flexibility index (Phi) is 20.9. The Morgan fingerprint density at radius 3 is 2.23 bits per heavy atom. The van der Waals surface area contributed by atoms with Crippen LogP contribution in [0.3, 0.4) is 0 Å². The molecule has 5 heterocycles. The summed E-state index contributed by atoms with van der Waals surface area (Å²) in [6, 6.07) is 18.0. The minimum atomic E-state index is -1.86. The Labute approximate surface area is 476 Å². The van der Waals surface area contributed by atoms with Gasteiger partial charge in [-0.3, -0.25) is 9.59 Å². The number of ether oxygens (including phenoxy) is 6. The van der Waals surface area contributed by atoms with Crippen LogP contribution >= 0.6 is 23.1 Å². The van der Waals surface area contributed by atoms with Crippen molar-refractivity contribution >= 4 is 41.1 Å². The summed E-state index contributed by atoms with van der Waals surface area (Å²) in [6.45, 7) is 18.6. The summed E-state index contributed by atoms with van der Waals surface area (Å²) in [5.41, 5.74) is -2.93. The highest BCUT2D eigenvalue weighted by atomic mass is 32.2. The van der Waals surface area contributed by atoms with Crippen molar-refractivity contribution in [2.75, 3.05) is 54.4 Å². The predicted molar refractivity (Wildman–Crippen MR) is 307 cm³/mol. The second-order valence-corrected chi connectivity index (χ2v) is 26.0. The molecule has 2 aromatic carbocycles. The number of cyclic esters (lactones) is 1. The Morgan fingerprint density at radius 1 is 0.911 bits per heavy atom. The summed E-state index contributed by atoms with van der Waals surface area (Å²) >= 11 is 3.41. The number of thiophene rings is 1. The molecular formula is C60H90N4O13S2. The number of aliphatic hydroxyl groups is 5. The van der Waals surface area contributed by atoms with Crippen LogP contribution in [-0.4, -0.2) is 191 Å². The van der Waals surface area contributed by atoms with E-state index in [0.717, 1.165) is 20.9 Å². The van der Waals surface area contributed by atoms with Crippen LogP contribution in [0.15, 0.2) is 70.5 Å². The largest absolute Gasteiger partial charge is 0.459 e. The van der Waals surface area contributed by atoms with Crippen molar-refractivity contribution < 1.29 is 63.5 Å². The number of nitrogens with one attached hydrogen (secondary N) is 2. The van der Waals surface area contributed by atoms with Crippen LogP contribution in [0.25, 0.3) is 27.6 Å². The average Bonchev–Trinajstić information content (AvgIpc) is 3.99. The molecule has 3 aromatic rings. The van der Waals surface area contributed by atoms with Gasteiger partial charge in [0.25, 0.3) is 0 Å². The van der Waals surface area contributed by atoms with Gasteiger partial charge >= 0.3 is 5.97 Å². The molecule has 3 fully saturated rings. The number of hydrogen-bond donors (Lipinski definition) is 7. The number of esters is 1. The topological polar surface area (TPSA) is 221 Å². The molecular weight excluding hydrogens is 1050 g/mol. The van der Waals surface area contributed by atoms with Gasteiger partial charge in [-0.05, 0) is 125 Å². The Balaban J connectivity index is 1.08. The lowest BCUT2D eigenvalue weighted by molar-refractivity contribution is -0.336. The monoisotopic (exact) mass is 1140 g/mol. The molecule has 3 saturated heterocycles. The summed E-state index contributed by atoms with van der Waals surface area (Å²) in [5.74, 6) is -3.11. The van der Waals surface area contributed by atoms with Crippen LogP contribution in [0, 0.1) is 17.8 Å². The van der Waals surface area contributed by atoms with Gasteiger partial charge in [0.05, 0.1) is 35.9 Å². The van der Waals surface area contributed by atoms with Crippen molar-refractivity contribution in [3.05, 3.63) is 65.6 Å². The average molecular weight is 1140 g/mol. The minimum Gasteiger partial charge on any atom is -0.459 e. The number of aliphatic hydroxyl groups excluding tert-OH is 2. The van der Waals surface area contributed by atoms with Gasteiger partial charge in [0.15, 0.2) is 12.6 Å². The molecule has 0 unspecified atom stereocenters. The van der Waals surface area contributed by atoms with Gasteiger partial charge in [-0.15, -0.1) is 11.3 Å². The van der Waals surface area contributed by atoms with Crippen molar-refractivity contribution in [1.82, 2.24) is 20.4 Å². The molecule has 7 N–H and O–H groups in total. The molecule has 79 heavy (non-hydrogen) atoms. The van der Waals surface area contributed by atoms with Gasteiger partial charge < -0.3 is 74.4 Å². The molecule has 18 atom stereocenters. The summed E-state index contributed by atoms with van der Waals surface area (Å²) in [5, 5.41) is 67.1. The molecule has 0 aliphatic carbocycles. The van der Waals surface area contributed by atoms with Gasteiger partial charge in [-0.25, -0.2) is 0 Å². The van der Waals surface area contributed by atoms with E-state index in [1.807, 2.05) is 63.9 Å². The van der Waals surface area contributed by atoms with Crippen molar-refractivity contribution in [2.45, 2.75) is 195 Å². The highest BCUT2D eigenvalue weighted by Gasteiger charge is 2.58. The van der Waals surface area contributed by atoms with E-state index in [-0.39, 0.29) is 56.3 Å². The second kappa shape index (κ2) is 26.1. The number of methoxy groups -OCH3 is 1. The van der Waals surface area contributed by atoms with E-state index in [0.29, 0.717) is 19.5 Å². The van der Waals surface area contributed by atoms with Crippen LogP contribution in [0.5, 0.6) is 0 Å². The third kappa shape index (κ3) is 13.9. The van der Waals surface area contributed by atoms with Crippen LogP contribution < -0.4 is 10.6 Å². The van der Waals surface area contributed by atoms with E-state index in [4.69, 9.17) is 28.4 Å². The quantitative estimate of drug-likeness (QED) is 0.0404. The molecule has 0 saturated carbocycles. The normalized spacial score (nSPS) is 38.0. The fourth-order valence-electron chi connectivity index (χ4n) is 12.4. The van der Waals surface area contributed by atoms with Crippen molar-refractivity contribution in [2.24, 2.45) is 17.8 Å². The van der Waals surface area contributed by atoms with E-state index in [1.165, 1.54) is 35.5 Å². The highest BCUT2D eigenvalue weighted by molar-refractivity contribution is 7.99. The Bertz CT molecular complexity index is 2500. The lowest BCUT2D eigenvalue weighted by Crippen LogP contribution is -2.70. The lowest BCUT2D eigenvalue weighted by Gasteiger charge is -2.53. The van der Waals surface area contributed by atoms with Gasteiger partial charge in [0, 0.05) is 94.5 Å². The van der Waals surface area contributed by atoms with Crippen molar-refractivity contribution in [1.29, 1.82) is 0 Å². The molecule has 0 bridgehead atoms. The second-order valence-electron chi connectivity index (χ2n) is 23.8. The number of carbonyl (C=O) groups excluding carboxylic acids is 2. The van der Waals surface area contributed by atoms with Gasteiger partial charge in [0.2, 0.25) is 5.91 Å². The smallest absolute Gasteiger partial charge is 0.311 e. The predicted octanol–water partition coefficient (Wildman–Crippen LogP) is 6.55. The number of fused-ring (bicyclic) bond motifs is 5. The molecule has 1 amide bonds. The Hall–Kier alpha value is -3.35. The molecule has 4 aliphatic heterocycles. The zero-order chi connectivity index (χ0) is 57.9. The van der Waals surface area contributed by atoms with E-state index < -0.39 is 95.5 Å². The van der Waals surface area contributed by atoms with Crippen LogP contribution in [-0.2, 0) is 38.0 Å². The van der Waals surface area contributed by atoms with Gasteiger partial charge in [-0.2, -0.15) is 0 Å². The molecule has 7 rings (SSSR count). The zero-order valence-electron chi connectivity index (χ0n) is 48.8. The number of carbonyl (C=O) groups is 2. The maximum absolute atomic E-state index is 14.6. The number of rotatable bonds is 14.